The first-order valence-corrected chi connectivity index (χ1v) is 7.64. The van der Waals surface area contributed by atoms with E-state index in [0.29, 0.717) is 5.69 Å². The van der Waals surface area contributed by atoms with Crippen LogP contribution < -0.4 is 10.1 Å². The molecule has 0 aliphatic heterocycles. The molecule has 1 amide bonds. The van der Waals surface area contributed by atoms with Crippen molar-refractivity contribution >= 4 is 16.8 Å². The van der Waals surface area contributed by atoms with E-state index in [1.54, 1.807) is 7.11 Å². The van der Waals surface area contributed by atoms with E-state index in [1.807, 2.05) is 31.2 Å². The van der Waals surface area contributed by atoms with Crippen LogP contribution in [0.2, 0.25) is 0 Å². The van der Waals surface area contributed by atoms with Gasteiger partial charge in [-0.1, -0.05) is 13.3 Å². The second-order valence-electron chi connectivity index (χ2n) is 6.37. The summed E-state index contributed by atoms with van der Waals surface area (Å²) in [6.45, 7) is 2.13. The largest absolute Gasteiger partial charge is 0.497 e. The minimum atomic E-state index is -0.217. The Labute approximate surface area is 129 Å². The van der Waals surface area contributed by atoms with Crippen LogP contribution in [0.15, 0.2) is 24.3 Å². The molecule has 1 aliphatic carbocycles. The van der Waals surface area contributed by atoms with E-state index < -0.39 is 0 Å². The van der Waals surface area contributed by atoms with Crippen LogP contribution in [-0.2, 0) is 0 Å². The summed E-state index contributed by atoms with van der Waals surface area (Å²) in [5.74, 6) is 0.642. The van der Waals surface area contributed by atoms with Gasteiger partial charge in [-0.05, 0) is 37.1 Å². The normalized spacial score (nSPS) is 24.6. The highest BCUT2D eigenvalue weighted by molar-refractivity contribution is 5.98. The molecule has 1 fully saturated rings. The molecule has 2 aromatic rings. The molecule has 1 aromatic heterocycles. The standard InChI is InChI=1S/C17H22N2O3/c1-17(10-20)7-3-4-15(17)19-16(21)14-9-11-8-12(22-2)5-6-13(11)18-14/h5-6,8-9,15,18,20H,3-4,7,10H2,1-2H3,(H,19,21)/t15-,17+/m0/s1. The SMILES string of the molecule is COc1ccc2[nH]c(C(=O)N[C@H]3CCC[C@]3(C)CO)cc2c1. The predicted octanol–water partition coefficient (Wildman–Crippen LogP) is 2.46. The lowest BCUT2D eigenvalue weighted by molar-refractivity contribution is 0.0827. The van der Waals surface area contributed by atoms with Gasteiger partial charge in [-0.15, -0.1) is 0 Å². The lowest BCUT2D eigenvalue weighted by atomic mass is 9.86. The minimum Gasteiger partial charge on any atom is -0.497 e. The highest BCUT2D eigenvalue weighted by Crippen LogP contribution is 2.37. The molecule has 2 atom stereocenters. The van der Waals surface area contributed by atoms with E-state index in [2.05, 4.69) is 10.3 Å². The number of aromatic nitrogens is 1. The monoisotopic (exact) mass is 302 g/mol. The third-order valence-electron chi connectivity index (χ3n) is 4.82. The number of rotatable bonds is 4. The molecule has 3 rings (SSSR count). The van der Waals surface area contributed by atoms with Gasteiger partial charge in [0.25, 0.3) is 5.91 Å². The molecular formula is C17H22N2O3. The summed E-state index contributed by atoms with van der Waals surface area (Å²) in [7, 11) is 1.62. The van der Waals surface area contributed by atoms with Gasteiger partial charge in [-0.25, -0.2) is 0 Å². The smallest absolute Gasteiger partial charge is 0.267 e. The van der Waals surface area contributed by atoms with Gasteiger partial charge in [0.1, 0.15) is 11.4 Å². The number of benzene rings is 1. The zero-order chi connectivity index (χ0) is 15.7. The van der Waals surface area contributed by atoms with E-state index in [4.69, 9.17) is 4.74 Å². The Kier molecular flexibility index (Phi) is 3.83. The second kappa shape index (κ2) is 5.65. The first kappa shape index (κ1) is 14.9. The van der Waals surface area contributed by atoms with Gasteiger partial charge in [-0.3, -0.25) is 4.79 Å². The van der Waals surface area contributed by atoms with E-state index in [0.717, 1.165) is 35.9 Å². The summed E-state index contributed by atoms with van der Waals surface area (Å²) < 4.78 is 5.20. The van der Waals surface area contributed by atoms with Crippen LogP contribution in [0.5, 0.6) is 5.75 Å². The summed E-state index contributed by atoms with van der Waals surface area (Å²) >= 11 is 0. The lowest BCUT2D eigenvalue weighted by Gasteiger charge is -2.29. The van der Waals surface area contributed by atoms with Gasteiger partial charge in [0, 0.05) is 22.4 Å². The van der Waals surface area contributed by atoms with Crippen molar-refractivity contribution in [3.05, 3.63) is 30.0 Å². The van der Waals surface area contributed by atoms with Crippen LogP contribution in [0, 0.1) is 5.41 Å². The highest BCUT2D eigenvalue weighted by Gasteiger charge is 2.39. The van der Waals surface area contributed by atoms with Crippen molar-refractivity contribution in [1.29, 1.82) is 0 Å². The zero-order valence-corrected chi connectivity index (χ0v) is 13.0. The molecule has 22 heavy (non-hydrogen) atoms. The molecule has 0 radical (unpaired) electrons. The molecule has 0 bridgehead atoms. The van der Waals surface area contributed by atoms with Crippen molar-refractivity contribution in [2.24, 2.45) is 5.41 Å². The Morgan fingerprint density at radius 3 is 3.05 bits per heavy atom. The van der Waals surface area contributed by atoms with Gasteiger partial charge >= 0.3 is 0 Å². The molecule has 1 aliphatic rings. The number of aliphatic hydroxyl groups excluding tert-OH is 1. The van der Waals surface area contributed by atoms with Crippen LogP contribution in [-0.4, -0.2) is 35.8 Å². The number of aromatic amines is 1. The lowest BCUT2D eigenvalue weighted by Crippen LogP contribution is -2.44. The second-order valence-corrected chi connectivity index (χ2v) is 6.37. The number of aliphatic hydroxyl groups is 1. The quantitative estimate of drug-likeness (QED) is 0.812. The van der Waals surface area contributed by atoms with Crippen molar-refractivity contribution in [3.63, 3.8) is 0 Å². The maximum absolute atomic E-state index is 12.5. The van der Waals surface area contributed by atoms with Crippen LogP contribution in [0.1, 0.15) is 36.7 Å². The van der Waals surface area contributed by atoms with E-state index in [1.165, 1.54) is 0 Å². The van der Waals surface area contributed by atoms with Crippen LogP contribution in [0.3, 0.4) is 0 Å². The third kappa shape index (κ3) is 2.57. The first-order chi connectivity index (χ1) is 10.6. The van der Waals surface area contributed by atoms with Crippen LogP contribution in [0.25, 0.3) is 10.9 Å². The third-order valence-corrected chi connectivity index (χ3v) is 4.82. The van der Waals surface area contributed by atoms with Crippen molar-refractivity contribution in [1.82, 2.24) is 10.3 Å². The number of methoxy groups -OCH3 is 1. The Morgan fingerprint density at radius 1 is 1.50 bits per heavy atom. The zero-order valence-electron chi connectivity index (χ0n) is 13.0. The Morgan fingerprint density at radius 2 is 2.32 bits per heavy atom. The maximum Gasteiger partial charge on any atom is 0.267 e. The molecular weight excluding hydrogens is 280 g/mol. The molecule has 1 aromatic carbocycles. The average molecular weight is 302 g/mol. The summed E-state index contributed by atoms with van der Waals surface area (Å²) in [6.07, 6.45) is 2.89. The Hall–Kier alpha value is -2.01. The Balaban J connectivity index is 1.80. The number of H-pyrrole nitrogens is 1. The topological polar surface area (TPSA) is 74.4 Å². The van der Waals surface area contributed by atoms with E-state index in [-0.39, 0.29) is 24.0 Å². The highest BCUT2D eigenvalue weighted by atomic mass is 16.5. The predicted molar refractivity (Wildman–Crippen MR) is 85.1 cm³/mol. The summed E-state index contributed by atoms with van der Waals surface area (Å²) in [5.41, 5.74) is 1.22. The number of ether oxygens (including phenoxy) is 1. The molecule has 118 valence electrons. The number of carbonyl (C=O) groups is 1. The van der Waals surface area contributed by atoms with Crippen molar-refractivity contribution in [2.75, 3.05) is 13.7 Å². The number of hydrogen-bond donors (Lipinski definition) is 3. The van der Waals surface area contributed by atoms with E-state index in [9.17, 15) is 9.90 Å². The van der Waals surface area contributed by atoms with Gasteiger partial charge in [0.2, 0.25) is 0 Å². The molecule has 3 N–H and O–H groups in total. The maximum atomic E-state index is 12.5. The number of carbonyl (C=O) groups excluding carboxylic acids is 1. The fourth-order valence-electron chi connectivity index (χ4n) is 3.26. The van der Waals surface area contributed by atoms with Crippen LogP contribution in [0.4, 0.5) is 0 Å². The van der Waals surface area contributed by atoms with Crippen molar-refractivity contribution < 1.29 is 14.6 Å². The molecule has 5 heteroatoms. The number of nitrogens with one attached hydrogen (secondary N) is 2. The average Bonchev–Trinajstić information content (AvgIpc) is 3.11. The van der Waals surface area contributed by atoms with Crippen molar-refractivity contribution in [3.8, 4) is 5.75 Å². The fraction of sp³-hybridized carbons (Fsp3) is 0.471. The Bertz CT molecular complexity index is 694. The first-order valence-electron chi connectivity index (χ1n) is 7.64. The molecule has 1 saturated carbocycles. The molecule has 0 unspecified atom stereocenters. The number of hydrogen-bond acceptors (Lipinski definition) is 3. The molecule has 1 heterocycles. The van der Waals surface area contributed by atoms with Gasteiger partial charge in [0.05, 0.1) is 13.7 Å². The van der Waals surface area contributed by atoms with Crippen LogP contribution >= 0.6 is 0 Å². The van der Waals surface area contributed by atoms with Gasteiger partial charge in [-0.2, -0.15) is 0 Å². The van der Waals surface area contributed by atoms with Crippen molar-refractivity contribution in [2.45, 2.75) is 32.2 Å². The summed E-state index contributed by atoms with van der Waals surface area (Å²) in [4.78, 5) is 15.6. The number of fused-ring (bicyclic) bond motifs is 1. The fourth-order valence-corrected chi connectivity index (χ4v) is 3.26. The molecule has 0 spiro atoms. The minimum absolute atomic E-state index is 0.0194. The summed E-state index contributed by atoms with van der Waals surface area (Å²) in [5, 5.41) is 13.6. The number of amides is 1. The molecule has 0 saturated heterocycles. The summed E-state index contributed by atoms with van der Waals surface area (Å²) in [6, 6.07) is 7.51. The van der Waals surface area contributed by atoms with Gasteiger partial charge in [0.15, 0.2) is 0 Å². The van der Waals surface area contributed by atoms with E-state index >= 15 is 0 Å². The molecule has 5 nitrogen and oxygen atoms in total. The van der Waals surface area contributed by atoms with Gasteiger partial charge < -0.3 is 20.1 Å².